The van der Waals surface area contributed by atoms with Gasteiger partial charge in [-0.05, 0) is 19.9 Å². The van der Waals surface area contributed by atoms with Crippen LogP contribution in [-0.4, -0.2) is 34.3 Å². The molecule has 5 nitrogen and oxygen atoms in total. The number of H-pyrrole nitrogens is 1. The molecule has 0 fully saturated rings. The molecule has 23 heavy (non-hydrogen) atoms. The maximum Gasteiger partial charge on any atom is 0.223 e. The predicted octanol–water partition coefficient (Wildman–Crippen LogP) is 2.36. The van der Waals surface area contributed by atoms with Crippen LogP contribution in [0.25, 0.3) is 10.9 Å². The highest BCUT2D eigenvalue weighted by Gasteiger charge is 2.24. The molecule has 0 saturated carbocycles. The van der Waals surface area contributed by atoms with Crippen LogP contribution < -0.4 is 5.32 Å². The van der Waals surface area contributed by atoms with Gasteiger partial charge in [0.1, 0.15) is 0 Å². The summed E-state index contributed by atoms with van der Waals surface area (Å²) in [4.78, 5) is 29.4. The second kappa shape index (κ2) is 6.44. The van der Waals surface area contributed by atoms with Gasteiger partial charge in [0.25, 0.3) is 0 Å². The summed E-state index contributed by atoms with van der Waals surface area (Å²) in [5, 5.41) is 4.01. The molecule has 2 N–H and O–H groups in total. The number of nitrogens with zero attached hydrogens (tertiary/aromatic N) is 1. The van der Waals surface area contributed by atoms with Gasteiger partial charge in [0, 0.05) is 60.6 Å². The Morgan fingerprint density at radius 3 is 2.83 bits per heavy atom. The van der Waals surface area contributed by atoms with Crippen molar-refractivity contribution in [2.24, 2.45) is 0 Å². The Morgan fingerprint density at radius 1 is 1.26 bits per heavy atom. The Bertz CT molecular complexity index is 733. The largest absolute Gasteiger partial charge is 0.358 e. The van der Waals surface area contributed by atoms with Crippen molar-refractivity contribution in [1.82, 2.24) is 15.2 Å². The number of amides is 2. The molecule has 2 heterocycles. The molecule has 0 bridgehead atoms. The van der Waals surface area contributed by atoms with Gasteiger partial charge in [-0.25, -0.2) is 0 Å². The van der Waals surface area contributed by atoms with E-state index in [1.807, 2.05) is 30.9 Å². The number of benzene rings is 1. The first-order valence-electron chi connectivity index (χ1n) is 8.20. The lowest BCUT2D eigenvalue weighted by atomic mass is 10.0. The summed E-state index contributed by atoms with van der Waals surface area (Å²) < 4.78 is 0. The standard InChI is InChI=1S/C18H23N3O2/c1-12(2)19-17(22)7-8-18(23)21-10-9-16-14(11-21)13-5-3-4-6-15(13)20-16/h3-6,12,20H,7-11H2,1-2H3,(H,19,22). The average molecular weight is 313 g/mol. The smallest absolute Gasteiger partial charge is 0.223 e. The molecular formula is C18H23N3O2. The quantitative estimate of drug-likeness (QED) is 0.910. The van der Waals surface area contributed by atoms with Crippen LogP contribution in [-0.2, 0) is 22.6 Å². The zero-order chi connectivity index (χ0) is 16.4. The normalized spacial score (nSPS) is 14.1. The predicted molar refractivity (Wildman–Crippen MR) is 89.9 cm³/mol. The number of carbonyl (C=O) groups excluding carboxylic acids is 2. The maximum absolute atomic E-state index is 12.4. The van der Waals surface area contributed by atoms with Gasteiger partial charge >= 0.3 is 0 Å². The van der Waals surface area contributed by atoms with Crippen LogP contribution in [0.3, 0.4) is 0 Å². The van der Waals surface area contributed by atoms with Crippen LogP contribution >= 0.6 is 0 Å². The minimum atomic E-state index is -0.0573. The van der Waals surface area contributed by atoms with E-state index in [1.165, 1.54) is 16.6 Å². The lowest BCUT2D eigenvalue weighted by Crippen LogP contribution is -2.37. The summed E-state index contributed by atoms with van der Waals surface area (Å²) in [6.45, 7) is 5.18. The Labute approximate surface area is 136 Å². The molecule has 3 rings (SSSR count). The molecule has 0 spiro atoms. The van der Waals surface area contributed by atoms with E-state index in [1.54, 1.807) is 0 Å². The Balaban J connectivity index is 1.64. The molecule has 122 valence electrons. The number of aromatic amines is 1. The third kappa shape index (κ3) is 3.38. The summed E-state index contributed by atoms with van der Waals surface area (Å²) in [5.74, 6) is -0.00187. The molecule has 2 aromatic rings. The van der Waals surface area contributed by atoms with Crippen molar-refractivity contribution in [3.05, 3.63) is 35.5 Å². The monoisotopic (exact) mass is 313 g/mol. The van der Waals surface area contributed by atoms with E-state index in [4.69, 9.17) is 0 Å². The molecule has 0 radical (unpaired) electrons. The molecule has 1 aromatic heterocycles. The topological polar surface area (TPSA) is 65.2 Å². The van der Waals surface area contributed by atoms with Crippen LogP contribution in [0, 0.1) is 0 Å². The number of aromatic nitrogens is 1. The van der Waals surface area contributed by atoms with Gasteiger partial charge in [-0.15, -0.1) is 0 Å². The Morgan fingerprint density at radius 2 is 2.04 bits per heavy atom. The van der Waals surface area contributed by atoms with E-state index < -0.39 is 0 Å². The van der Waals surface area contributed by atoms with Crippen molar-refractivity contribution >= 4 is 22.7 Å². The fourth-order valence-corrected chi connectivity index (χ4v) is 3.15. The van der Waals surface area contributed by atoms with Gasteiger partial charge in [-0.3, -0.25) is 9.59 Å². The van der Waals surface area contributed by atoms with Gasteiger partial charge in [-0.1, -0.05) is 18.2 Å². The number of hydrogen-bond acceptors (Lipinski definition) is 2. The van der Waals surface area contributed by atoms with E-state index in [0.717, 1.165) is 11.9 Å². The number of nitrogens with one attached hydrogen (secondary N) is 2. The van der Waals surface area contributed by atoms with Crippen LogP contribution in [0.1, 0.15) is 37.9 Å². The molecular weight excluding hydrogens is 290 g/mol. The van der Waals surface area contributed by atoms with E-state index >= 15 is 0 Å². The Kier molecular flexibility index (Phi) is 4.37. The second-order valence-electron chi connectivity index (χ2n) is 6.42. The first-order chi connectivity index (χ1) is 11.0. The third-order valence-electron chi connectivity index (χ3n) is 4.25. The van der Waals surface area contributed by atoms with Gasteiger partial charge in [0.15, 0.2) is 0 Å². The highest BCUT2D eigenvalue weighted by atomic mass is 16.2. The second-order valence-corrected chi connectivity index (χ2v) is 6.42. The highest BCUT2D eigenvalue weighted by Crippen LogP contribution is 2.27. The zero-order valence-electron chi connectivity index (χ0n) is 13.7. The summed E-state index contributed by atoms with van der Waals surface area (Å²) in [6, 6.07) is 8.31. The van der Waals surface area contributed by atoms with Gasteiger partial charge in [-0.2, -0.15) is 0 Å². The van der Waals surface area contributed by atoms with Crippen molar-refractivity contribution in [2.75, 3.05) is 6.54 Å². The van der Waals surface area contributed by atoms with Gasteiger partial charge < -0.3 is 15.2 Å². The fourth-order valence-electron chi connectivity index (χ4n) is 3.15. The average Bonchev–Trinajstić information content (AvgIpc) is 2.89. The molecule has 2 amide bonds. The summed E-state index contributed by atoms with van der Waals surface area (Å²) in [6.07, 6.45) is 1.37. The minimum Gasteiger partial charge on any atom is -0.358 e. The van der Waals surface area contributed by atoms with Crippen LogP contribution in [0.15, 0.2) is 24.3 Å². The van der Waals surface area contributed by atoms with Crippen LogP contribution in [0.4, 0.5) is 0 Å². The summed E-state index contributed by atoms with van der Waals surface area (Å²) in [7, 11) is 0. The highest BCUT2D eigenvalue weighted by molar-refractivity contribution is 5.87. The summed E-state index contributed by atoms with van der Waals surface area (Å²) in [5.41, 5.74) is 3.57. The first kappa shape index (κ1) is 15.6. The molecule has 1 aliphatic rings. The number of rotatable bonds is 4. The van der Waals surface area contributed by atoms with Crippen molar-refractivity contribution in [3.8, 4) is 0 Å². The van der Waals surface area contributed by atoms with Gasteiger partial charge in [0.2, 0.25) is 11.8 Å². The molecule has 0 unspecified atom stereocenters. The SMILES string of the molecule is CC(C)NC(=O)CCC(=O)N1CCc2[nH]c3ccccc3c2C1. The molecule has 0 aliphatic carbocycles. The van der Waals surface area contributed by atoms with Crippen LogP contribution in [0.2, 0.25) is 0 Å². The Hall–Kier alpha value is -2.30. The minimum absolute atomic E-state index is 0.0554. The zero-order valence-corrected chi connectivity index (χ0v) is 13.7. The van der Waals surface area contributed by atoms with Crippen molar-refractivity contribution < 1.29 is 9.59 Å². The van der Waals surface area contributed by atoms with E-state index in [9.17, 15) is 9.59 Å². The fraction of sp³-hybridized carbons (Fsp3) is 0.444. The lowest BCUT2D eigenvalue weighted by molar-refractivity contribution is -0.134. The molecule has 1 aliphatic heterocycles. The molecule has 0 saturated heterocycles. The first-order valence-corrected chi connectivity index (χ1v) is 8.20. The number of carbonyl (C=O) groups is 2. The van der Waals surface area contributed by atoms with Crippen molar-refractivity contribution in [1.29, 1.82) is 0 Å². The van der Waals surface area contributed by atoms with E-state index in [2.05, 4.69) is 22.4 Å². The lowest BCUT2D eigenvalue weighted by Gasteiger charge is -2.27. The summed E-state index contributed by atoms with van der Waals surface area (Å²) >= 11 is 0. The van der Waals surface area contributed by atoms with E-state index in [-0.39, 0.29) is 30.7 Å². The number of fused-ring (bicyclic) bond motifs is 3. The number of hydrogen-bond donors (Lipinski definition) is 2. The van der Waals surface area contributed by atoms with Crippen LogP contribution in [0.5, 0.6) is 0 Å². The molecule has 5 heteroatoms. The van der Waals surface area contributed by atoms with Crippen molar-refractivity contribution in [3.63, 3.8) is 0 Å². The van der Waals surface area contributed by atoms with E-state index in [0.29, 0.717) is 13.1 Å². The van der Waals surface area contributed by atoms with Gasteiger partial charge in [0.05, 0.1) is 0 Å². The maximum atomic E-state index is 12.4. The number of para-hydroxylation sites is 1. The third-order valence-corrected chi connectivity index (χ3v) is 4.25. The molecule has 0 atom stereocenters. The van der Waals surface area contributed by atoms with Crippen molar-refractivity contribution in [2.45, 2.75) is 45.7 Å². The molecule has 1 aromatic carbocycles.